The van der Waals surface area contributed by atoms with Crippen LogP contribution in [0.15, 0.2) is 23.6 Å². The molecule has 0 bridgehead atoms. The normalized spacial score (nSPS) is 14.0. The van der Waals surface area contributed by atoms with Crippen LogP contribution in [-0.4, -0.2) is 16.2 Å². The summed E-state index contributed by atoms with van der Waals surface area (Å²) in [6.45, 7) is 0. The van der Waals surface area contributed by atoms with Crippen molar-refractivity contribution < 1.29 is 0 Å². The highest BCUT2D eigenvalue weighted by molar-refractivity contribution is 5.87. The zero-order valence-electron chi connectivity index (χ0n) is 6.44. The van der Waals surface area contributed by atoms with Crippen molar-refractivity contribution in [3.63, 3.8) is 0 Å². The summed E-state index contributed by atoms with van der Waals surface area (Å²) in [4.78, 5) is 12.0. The number of fused-ring (bicyclic) bond motifs is 1. The zero-order valence-corrected chi connectivity index (χ0v) is 6.44. The van der Waals surface area contributed by atoms with E-state index in [9.17, 15) is 0 Å². The Kier molecular flexibility index (Phi) is 1.59. The third-order valence-electron chi connectivity index (χ3n) is 1.70. The second kappa shape index (κ2) is 2.73. The molecule has 2 rings (SSSR count). The van der Waals surface area contributed by atoms with E-state index in [0.717, 1.165) is 17.7 Å². The van der Waals surface area contributed by atoms with Gasteiger partial charge in [0.05, 0.1) is 11.3 Å². The van der Waals surface area contributed by atoms with Crippen LogP contribution in [0.3, 0.4) is 0 Å². The lowest BCUT2D eigenvalue weighted by atomic mass is 10.2. The molecule has 1 aromatic heterocycles. The Balaban J connectivity index is 2.59. The van der Waals surface area contributed by atoms with E-state index >= 15 is 0 Å². The van der Waals surface area contributed by atoms with E-state index in [-0.39, 0.29) is 0 Å². The molecule has 2 N–H and O–H groups in total. The first kappa shape index (κ1) is 6.97. The molecule has 0 atom stereocenters. The maximum Gasteiger partial charge on any atom is 0.135 e. The SMILES string of the molecule is Nc1ncnc2c1C=NC=CC2. The van der Waals surface area contributed by atoms with Gasteiger partial charge in [0.15, 0.2) is 0 Å². The number of rotatable bonds is 0. The molecule has 0 aliphatic carbocycles. The fraction of sp³-hybridized carbons (Fsp3) is 0.125. The number of hydrogen-bond donors (Lipinski definition) is 1. The van der Waals surface area contributed by atoms with Crippen LogP contribution in [0, 0.1) is 0 Å². The van der Waals surface area contributed by atoms with E-state index in [4.69, 9.17) is 5.73 Å². The maximum atomic E-state index is 5.64. The van der Waals surface area contributed by atoms with Crippen molar-refractivity contribution in [3.8, 4) is 0 Å². The summed E-state index contributed by atoms with van der Waals surface area (Å²) < 4.78 is 0. The monoisotopic (exact) mass is 160 g/mol. The van der Waals surface area contributed by atoms with E-state index < -0.39 is 0 Å². The summed E-state index contributed by atoms with van der Waals surface area (Å²) in [5.41, 5.74) is 7.41. The molecule has 60 valence electrons. The molecule has 0 saturated carbocycles. The third-order valence-corrected chi connectivity index (χ3v) is 1.70. The molecule has 2 heterocycles. The number of nitrogen functional groups attached to an aromatic ring is 1. The Hall–Kier alpha value is -1.71. The molecule has 4 nitrogen and oxygen atoms in total. The summed E-state index contributed by atoms with van der Waals surface area (Å²) in [6.07, 6.45) is 7.60. The van der Waals surface area contributed by atoms with Gasteiger partial charge < -0.3 is 5.73 Å². The van der Waals surface area contributed by atoms with Gasteiger partial charge in [0.1, 0.15) is 12.1 Å². The minimum Gasteiger partial charge on any atom is -0.383 e. The molecule has 1 aliphatic heterocycles. The van der Waals surface area contributed by atoms with Gasteiger partial charge in [0.25, 0.3) is 0 Å². The first-order valence-corrected chi connectivity index (χ1v) is 3.65. The van der Waals surface area contributed by atoms with Gasteiger partial charge >= 0.3 is 0 Å². The molecule has 4 heteroatoms. The average molecular weight is 160 g/mol. The third kappa shape index (κ3) is 1.07. The predicted molar refractivity (Wildman–Crippen MR) is 46.9 cm³/mol. The second-order valence-corrected chi connectivity index (χ2v) is 2.49. The first-order valence-electron chi connectivity index (χ1n) is 3.65. The van der Waals surface area contributed by atoms with Crippen molar-refractivity contribution in [2.75, 3.05) is 5.73 Å². The molecule has 0 amide bonds. The van der Waals surface area contributed by atoms with E-state index in [0.29, 0.717) is 5.82 Å². The Morgan fingerprint density at radius 2 is 2.25 bits per heavy atom. The molecule has 0 spiro atoms. The van der Waals surface area contributed by atoms with Crippen molar-refractivity contribution in [2.45, 2.75) is 6.42 Å². The van der Waals surface area contributed by atoms with Crippen LogP contribution in [0.25, 0.3) is 0 Å². The van der Waals surface area contributed by atoms with E-state index in [1.807, 2.05) is 6.08 Å². The molecule has 0 radical (unpaired) electrons. The van der Waals surface area contributed by atoms with Crippen LogP contribution in [0.1, 0.15) is 11.3 Å². The van der Waals surface area contributed by atoms with Crippen molar-refractivity contribution in [1.82, 2.24) is 9.97 Å². The predicted octanol–water partition coefficient (Wildman–Crippen LogP) is 0.548. The summed E-state index contributed by atoms with van der Waals surface area (Å²) in [5.74, 6) is 0.493. The van der Waals surface area contributed by atoms with Crippen LogP contribution in [0.4, 0.5) is 5.82 Å². The lowest BCUT2D eigenvalue weighted by Crippen LogP contribution is -2.03. The Bertz CT molecular complexity index is 354. The van der Waals surface area contributed by atoms with Gasteiger partial charge in [0, 0.05) is 18.8 Å². The number of anilines is 1. The molecule has 0 unspecified atom stereocenters. The molecule has 1 aliphatic rings. The molecule has 0 fully saturated rings. The first-order chi connectivity index (χ1) is 5.88. The van der Waals surface area contributed by atoms with Crippen molar-refractivity contribution >= 4 is 12.0 Å². The van der Waals surface area contributed by atoms with Crippen molar-refractivity contribution in [2.24, 2.45) is 4.99 Å². The van der Waals surface area contributed by atoms with Crippen LogP contribution in [-0.2, 0) is 6.42 Å². The number of allylic oxidation sites excluding steroid dienone is 1. The lowest BCUT2D eigenvalue weighted by molar-refractivity contribution is 1.05. The van der Waals surface area contributed by atoms with E-state index in [2.05, 4.69) is 15.0 Å². The molecular formula is C8H8N4. The molecule has 0 saturated heterocycles. The lowest BCUT2D eigenvalue weighted by Gasteiger charge is -2.01. The van der Waals surface area contributed by atoms with Gasteiger partial charge in [-0.15, -0.1) is 0 Å². The molecular weight excluding hydrogens is 152 g/mol. The van der Waals surface area contributed by atoms with Gasteiger partial charge in [-0.25, -0.2) is 9.97 Å². The Morgan fingerprint density at radius 1 is 1.33 bits per heavy atom. The van der Waals surface area contributed by atoms with E-state index in [1.165, 1.54) is 6.33 Å². The maximum absolute atomic E-state index is 5.64. The van der Waals surface area contributed by atoms with Gasteiger partial charge in [-0.05, 0) is 0 Å². The van der Waals surface area contributed by atoms with Crippen LogP contribution >= 0.6 is 0 Å². The number of aliphatic imine (C=N–C) groups is 1. The topological polar surface area (TPSA) is 64.2 Å². The molecule has 0 aromatic carbocycles. The number of nitrogens with zero attached hydrogens (tertiary/aromatic N) is 3. The van der Waals surface area contributed by atoms with Gasteiger partial charge in [0.2, 0.25) is 0 Å². The number of aromatic nitrogens is 2. The minimum absolute atomic E-state index is 0.493. The highest BCUT2D eigenvalue weighted by Gasteiger charge is 2.06. The van der Waals surface area contributed by atoms with Gasteiger partial charge in [-0.2, -0.15) is 0 Å². The summed E-state index contributed by atoms with van der Waals surface area (Å²) in [7, 11) is 0. The zero-order chi connectivity index (χ0) is 8.39. The minimum atomic E-state index is 0.493. The number of hydrogen-bond acceptors (Lipinski definition) is 4. The largest absolute Gasteiger partial charge is 0.383 e. The van der Waals surface area contributed by atoms with Crippen LogP contribution in [0.5, 0.6) is 0 Å². The smallest absolute Gasteiger partial charge is 0.135 e. The summed E-state index contributed by atoms with van der Waals surface area (Å²) in [5, 5.41) is 0. The second-order valence-electron chi connectivity index (χ2n) is 2.49. The fourth-order valence-corrected chi connectivity index (χ4v) is 1.09. The Labute approximate surface area is 69.9 Å². The molecule has 12 heavy (non-hydrogen) atoms. The summed E-state index contributed by atoms with van der Waals surface area (Å²) >= 11 is 0. The van der Waals surface area contributed by atoms with Gasteiger partial charge in [-0.1, -0.05) is 6.08 Å². The van der Waals surface area contributed by atoms with Crippen LogP contribution < -0.4 is 5.73 Å². The van der Waals surface area contributed by atoms with Crippen molar-refractivity contribution in [3.05, 3.63) is 29.9 Å². The quantitative estimate of drug-likeness (QED) is 0.602. The highest BCUT2D eigenvalue weighted by atomic mass is 14.9. The van der Waals surface area contributed by atoms with Crippen molar-refractivity contribution in [1.29, 1.82) is 0 Å². The standard InChI is InChI=1S/C8H8N4/c9-8-6-4-10-3-1-2-7(6)11-5-12-8/h1,3-5H,2H2,(H2,9,11,12). The number of nitrogens with two attached hydrogens (primary N) is 1. The van der Waals surface area contributed by atoms with Gasteiger partial charge in [-0.3, -0.25) is 4.99 Å². The Morgan fingerprint density at radius 3 is 3.17 bits per heavy atom. The average Bonchev–Trinajstić information content (AvgIpc) is 2.30. The summed E-state index contributed by atoms with van der Waals surface area (Å²) in [6, 6.07) is 0. The van der Waals surface area contributed by atoms with E-state index in [1.54, 1.807) is 12.4 Å². The fourth-order valence-electron chi connectivity index (χ4n) is 1.09. The highest BCUT2D eigenvalue weighted by Crippen LogP contribution is 2.12. The van der Waals surface area contributed by atoms with Crippen LogP contribution in [0.2, 0.25) is 0 Å². The molecule has 1 aromatic rings.